The Morgan fingerprint density at radius 1 is 1.29 bits per heavy atom. The number of benzene rings is 1. The van der Waals surface area contributed by atoms with E-state index in [9.17, 15) is 4.79 Å². The largest absolute Gasteiger partial charge is 0.357 e. The first kappa shape index (κ1) is 21.8. The maximum absolute atomic E-state index is 13.5. The zero-order valence-electron chi connectivity index (χ0n) is 17.1. The lowest BCUT2D eigenvalue weighted by Gasteiger charge is -2.22. The highest BCUT2D eigenvalue weighted by Gasteiger charge is 2.27. The van der Waals surface area contributed by atoms with E-state index in [0.29, 0.717) is 18.7 Å². The Bertz CT molecular complexity index is 849. The molecule has 0 aliphatic carbocycles. The molecule has 1 aliphatic rings. The van der Waals surface area contributed by atoms with Crippen LogP contribution < -0.4 is 4.90 Å². The van der Waals surface area contributed by atoms with Gasteiger partial charge in [0.05, 0.1) is 5.57 Å². The maximum Gasteiger partial charge on any atom is 0.262 e. The van der Waals surface area contributed by atoms with Crippen LogP contribution in [0.1, 0.15) is 32.8 Å². The summed E-state index contributed by atoms with van der Waals surface area (Å²) < 4.78 is 0. The first-order chi connectivity index (χ1) is 13.5. The highest BCUT2D eigenvalue weighted by molar-refractivity contribution is 7.83. The minimum atomic E-state index is -0.0193. The Labute approximate surface area is 174 Å². The van der Waals surface area contributed by atoms with Crippen molar-refractivity contribution in [2.75, 3.05) is 25.0 Å². The molecule has 1 aromatic rings. The topological polar surface area (TPSA) is 35.9 Å². The molecule has 1 heterocycles. The predicted octanol–water partition coefficient (Wildman–Crippen LogP) is 5.08. The molecule has 0 radical (unpaired) electrons. The Morgan fingerprint density at radius 2 is 2.07 bits per heavy atom. The molecule has 1 aliphatic heterocycles. The van der Waals surface area contributed by atoms with Crippen LogP contribution in [0, 0.1) is 0 Å². The van der Waals surface area contributed by atoms with Crippen LogP contribution in [0.25, 0.3) is 6.08 Å². The van der Waals surface area contributed by atoms with E-state index >= 15 is 0 Å². The Morgan fingerprint density at radius 3 is 2.75 bits per heavy atom. The van der Waals surface area contributed by atoms with Crippen LogP contribution in [0.2, 0.25) is 0 Å². The fourth-order valence-corrected chi connectivity index (χ4v) is 3.03. The summed E-state index contributed by atoms with van der Waals surface area (Å²) in [4.78, 5) is 21.9. The molecule has 28 heavy (non-hydrogen) atoms. The van der Waals surface area contributed by atoms with Crippen LogP contribution in [0.3, 0.4) is 0 Å². The quantitative estimate of drug-likeness (QED) is 0.414. The number of rotatable bonds is 6. The standard InChI is InChI=1S/C23H29N3OS/c1-5-18(3)16-21-22(24-6-2)25(4)13-14-26(23(21)27)20-12-9-11-19(17-20)10-7-8-15-28/h6-12,15-17,28H,5,13-14H2,1-4H3/b10-7+,15-8-,18-16-,24-6?. The van der Waals surface area contributed by atoms with Crippen molar-refractivity contribution in [1.29, 1.82) is 0 Å². The summed E-state index contributed by atoms with van der Waals surface area (Å²) in [6.07, 6.45) is 10.4. The fourth-order valence-electron chi connectivity index (χ4n) is 2.93. The van der Waals surface area contributed by atoms with Crippen molar-refractivity contribution in [3.8, 4) is 0 Å². The van der Waals surface area contributed by atoms with Gasteiger partial charge in [0.2, 0.25) is 0 Å². The Kier molecular flexibility index (Phi) is 8.33. The van der Waals surface area contributed by atoms with Crippen molar-refractivity contribution >= 4 is 36.5 Å². The van der Waals surface area contributed by atoms with Crippen LogP contribution in [0.4, 0.5) is 5.69 Å². The van der Waals surface area contributed by atoms with Crippen molar-refractivity contribution in [3.05, 3.63) is 70.4 Å². The summed E-state index contributed by atoms with van der Waals surface area (Å²) in [5.74, 6) is 0.701. The molecule has 1 amide bonds. The molecule has 0 unspecified atom stereocenters. The molecule has 5 heteroatoms. The van der Waals surface area contributed by atoms with Gasteiger partial charge in [0.1, 0.15) is 5.82 Å². The number of likely N-dealkylation sites (N-methyl/N-ethyl adjacent to an activating group) is 1. The molecular weight excluding hydrogens is 366 g/mol. The molecule has 0 bridgehead atoms. The van der Waals surface area contributed by atoms with E-state index < -0.39 is 0 Å². The van der Waals surface area contributed by atoms with Crippen LogP contribution >= 0.6 is 12.6 Å². The van der Waals surface area contributed by atoms with Crippen LogP contribution in [-0.2, 0) is 4.79 Å². The number of carbonyl (C=O) groups excluding carboxylic acids is 1. The van der Waals surface area contributed by atoms with Gasteiger partial charge >= 0.3 is 0 Å². The minimum absolute atomic E-state index is 0.0193. The second-order valence-corrected chi connectivity index (χ2v) is 6.94. The molecule has 0 spiro atoms. The summed E-state index contributed by atoms with van der Waals surface area (Å²) in [7, 11) is 1.98. The molecule has 0 fully saturated rings. The predicted molar refractivity (Wildman–Crippen MR) is 124 cm³/mol. The second-order valence-electron chi connectivity index (χ2n) is 6.64. The zero-order chi connectivity index (χ0) is 20.5. The normalized spacial score (nSPS) is 16.9. The zero-order valence-corrected chi connectivity index (χ0v) is 18.0. The van der Waals surface area contributed by atoms with Crippen molar-refractivity contribution < 1.29 is 4.79 Å². The van der Waals surface area contributed by atoms with E-state index in [1.807, 2.05) is 79.3 Å². The van der Waals surface area contributed by atoms with E-state index in [1.54, 1.807) is 11.6 Å². The molecule has 4 nitrogen and oxygen atoms in total. The summed E-state index contributed by atoms with van der Waals surface area (Å²) in [6.45, 7) is 7.32. The molecule has 0 saturated carbocycles. The average molecular weight is 396 g/mol. The number of hydrogen-bond acceptors (Lipinski definition) is 4. The Balaban J connectivity index is 2.50. The first-order valence-corrected chi connectivity index (χ1v) is 10.0. The van der Waals surface area contributed by atoms with Gasteiger partial charge in [-0.1, -0.05) is 42.9 Å². The van der Waals surface area contributed by atoms with Gasteiger partial charge in [-0.05, 0) is 49.4 Å². The van der Waals surface area contributed by atoms with Crippen molar-refractivity contribution in [3.63, 3.8) is 0 Å². The number of aliphatic imine (C=N–C) groups is 1. The molecule has 2 rings (SSSR count). The highest BCUT2D eigenvalue weighted by Crippen LogP contribution is 2.26. The molecule has 0 aromatic heterocycles. The van der Waals surface area contributed by atoms with E-state index in [0.717, 1.165) is 29.1 Å². The van der Waals surface area contributed by atoms with E-state index in [4.69, 9.17) is 0 Å². The van der Waals surface area contributed by atoms with Gasteiger partial charge in [0, 0.05) is 32.0 Å². The lowest BCUT2D eigenvalue weighted by molar-refractivity contribution is -0.114. The number of anilines is 1. The SMILES string of the molecule is CC=NC1=C(/C=C(/C)CC)C(=O)N(c2cccc(/C=C/C=C\S)c2)CCN1C. The lowest BCUT2D eigenvalue weighted by atomic mass is 10.1. The van der Waals surface area contributed by atoms with E-state index in [2.05, 4.69) is 24.5 Å². The summed E-state index contributed by atoms with van der Waals surface area (Å²) in [6, 6.07) is 8.00. The molecule has 148 valence electrons. The Hall–Kier alpha value is -2.53. The van der Waals surface area contributed by atoms with Crippen molar-refractivity contribution in [2.24, 2.45) is 4.99 Å². The molecule has 1 aromatic carbocycles. The van der Waals surface area contributed by atoms with E-state index in [1.165, 1.54) is 0 Å². The summed E-state index contributed by atoms with van der Waals surface area (Å²) in [5, 5.41) is 1.68. The smallest absolute Gasteiger partial charge is 0.262 e. The highest BCUT2D eigenvalue weighted by atomic mass is 32.1. The monoisotopic (exact) mass is 395 g/mol. The lowest BCUT2D eigenvalue weighted by Crippen LogP contribution is -2.34. The van der Waals surface area contributed by atoms with Gasteiger partial charge < -0.3 is 9.80 Å². The number of nitrogens with zero attached hydrogens (tertiary/aromatic N) is 3. The number of carbonyl (C=O) groups is 1. The van der Waals surface area contributed by atoms with Gasteiger partial charge in [0.25, 0.3) is 5.91 Å². The third-order valence-electron chi connectivity index (χ3n) is 4.60. The van der Waals surface area contributed by atoms with Crippen molar-refractivity contribution in [2.45, 2.75) is 27.2 Å². The summed E-state index contributed by atoms with van der Waals surface area (Å²) >= 11 is 4.06. The number of allylic oxidation sites excluding steroid dienone is 3. The number of hydrogen-bond donors (Lipinski definition) is 1. The van der Waals surface area contributed by atoms with Gasteiger partial charge in [0.15, 0.2) is 0 Å². The fraction of sp³-hybridized carbons (Fsp3) is 0.304. The average Bonchev–Trinajstić information content (AvgIpc) is 2.80. The maximum atomic E-state index is 13.5. The van der Waals surface area contributed by atoms with Crippen LogP contribution in [-0.4, -0.2) is 37.2 Å². The number of amides is 1. The van der Waals surface area contributed by atoms with Gasteiger partial charge in [-0.25, -0.2) is 4.99 Å². The molecule has 0 N–H and O–H groups in total. The number of thiol groups is 1. The minimum Gasteiger partial charge on any atom is -0.357 e. The molecular formula is C23H29N3OS. The van der Waals surface area contributed by atoms with Gasteiger partial charge in [-0.15, -0.1) is 0 Å². The second kappa shape index (κ2) is 10.7. The van der Waals surface area contributed by atoms with Crippen molar-refractivity contribution in [1.82, 2.24) is 4.90 Å². The van der Waals surface area contributed by atoms with Crippen LogP contribution in [0.5, 0.6) is 0 Å². The third kappa shape index (κ3) is 5.49. The third-order valence-corrected chi connectivity index (χ3v) is 4.78. The van der Waals surface area contributed by atoms with Gasteiger partial charge in [-0.2, -0.15) is 12.6 Å². The van der Waals surface area contributed by atoms with Gasteiger partial charge in [-0.3, -0.25) is 4.79 Å². The summed E-state index contributed by atoms with van der Waals surface area (Å²) in [5.41, 5.74) is 3.71. The molecule has 0 saturated heterocycles. The molecule has 0 atom stereocenters. The van der Waals surface area contributed by atoms with Crippen LogP contribution in [0.15, 0.2) is 69.9 Å². The van der Waals surface area contributed by atoms with E-state index in [-0.39, 0.29) is 5.91 Å². The first-order valence-electron chi connectivity index (χ1n) is 9.52.